The summed E-state index contributed by atoms with van der Waals surface area (Å²) in [7, 11) is 1.56. The van der Waals surface area contributed by atoms with Gasteiger partial charge in [-0.15, -0.1) is 0 Å². The van der Waals surface area contributed by atoms with Crippen molar-refractivity contribution in [3.63, 3.8) is 0 Å². The average molecular weight is 185 g/mol. The van der Waals surface area contributed by atoms with Crippen LogP contribution in [-0.4, -0.2) is 24.5 Å². The lowest BCUT2D eigenvalue weighted by Crippen LogP contribution is -2.13. The summed E-state index contributed by atoms with van der Waals surface area (Å²) >= 11 is 0. The molecule has 0 aromatic heterocycles. The molecule has 4 nitrogen and oxygen atoms in total. The SMILES string of the molecule is C=CC(=O)NC.CCC(=O)C(C)=O. The number of hydrogen-bond donors (Lipinski definition) is 1. The number of likely N-dealkylation sites (N-methyl/N-ethyl adjacent to an activating group) is 1. The molecule has 0 aliphatic rings. The zero-order chi connectivity index (χ0) is 10.9. The van der Waals surface area contributed by atoms with E-state index in [0.29, 0.717) is 6.42 Å². The maximum Gasteiger partial charge on any atom is 0.243 e. The standard InChI is InChI=1S/C5H8O2.C4H7NO/c1-3-5(7)4(2)6;1-3-4(6)5-2/h3H2,1-2H3;3H,1H2,2H3,(H,5,6). The Labute approximate surface area is 78.0 Å². The second-order valence-corrected chi connectivity index (χ2v) is 2.15. The number of carbonyl (C=O) groups is 3. The average Bonchev–Trinajstić information content (AvgIpc) is 2.16. The number of Topliss-reactive ketones (excluding diaryl/α,β-unsaturated/α-hetero) is 2. The van der Waals surface area contributed by atoms with Crippen LogP contribution in [0.5, 0.6) is 0 Å². The third-order valence-electron chi connectivity index (χ3n) is 1.15. The number of ketones is 2. The largest absolute Gasteiger partial charge is 0.356 e. The van der Waals surface area contributed by atoms with Crippen molar-refractivity contribution in [2.75, 3.05) is 7.05 Å². The normalized spacial score (nSPS) is 7.62. The van der Waals surface area contributed by atoms with Crippen molar-refractivity contribution in [3.8, 4) is 0 Å². The molecule has 0 saturated heterocycles. The Morgan fingerprint density at radius 1 is 1.38 bits per heavy atom. The highest BCUT2D eigenvalue weighted by Crippen LogP contribution is 1.79. The van der Waals surface area contributed by atoms with Crippen LogP contribution in [0.3, 0.4) is 0 Å². The fourth-order valence-electron chi connectivity index (χ4n) is 0.351. The monoisotopic (exact) mass is 185 g/mol. The molecule has 0 fully saturated rings. The van der Waals surface area contributed by atoms with E-state index in [-0.39, 0.29) is 17.5 Å². The summed E-state index contributed by atoms with van der Waals surface area (Å²) < 4.78 is 0. The molecule has 1 N–H and O–H groups in total. The summed E-state index contributed by atoms with van der Waals surface area (Å²) in [5.41, 5.74) is 0. The molecular formula is C9H15NO3. The molecule has 0 atom stereocenters. The van der Waals surface area contributed by atoms with Crippen LogP contribution in [-0.2, 0) is 14.4 Å². The van der Waals surface area contributed by atoms with Crippen molar-refractivity contribution in [1.82, 2.24) is 5.32 Å². The molecule has 0 aliphatic carbocycles. The number of rotatable bonds is 3. The molecule has 0 unspecified atom stereocenters. The summed E-state index contributed by atoms with van der Waals surface area (Å²) in [5, 5.41) is 2.36. The van der Waals surface area contributed by atoms with Gasteiger partial charge in [-0.2, -0.15) is 0 Å². The van der Waals surface area contributed by atoms with E-state index in [2.05, 4.69) is 11.9 Å². The smallest absolute Gasteiger partial charge is 0.243 e. The van der Waals surface area contributed by atoms with Gasteiger partial charge >= 0.3 is 0 Å². The number of nitrogens with one attached hydrogen (secondary N) is 1. The lowest BCUT2D eigenvalue weighted by atomic mass is 10.2. The first-order chi connectivity index (χ1) is 5.99. The van der Waals surface area contributed by atoms with E-state index in [9.17, 15) is 14.4 Å². The molecule has 13 heavy (non-hydrogen) atoms. The molecule has 0 saturated carbocycles. The van der Waals surface area contributed by atoms with Gasteiger partial charge in [-0.25, -0.2) is 0 Å². The summed E-state index contributed by atoms with van der Waals surface area (Å²) in [6.45, 7) is 6.17. The molecule has 0 spiro atoms. The Hall–Kier alpha value is -1.45. The number of carbonyl (C=O) groups excluding carboxylic acids is 3. The molecule has 74 valence electrons. The van der Waals surface area contributed by atoms with Crippen molar-refractivity contribution >= 4 is 17.5 Å². The molecule has 0 rings (SSSR count). The minimum Gasteiger partial charge on any atom is -0.356 e. The van der Waals surface area contributed by atoms with Gasteiger partial charge in [-0.3, -0.25) is 14.4 Å². The third-order valence-corrected chi connectivity index (χ3v) is 1.15. The molecule has 1 amide bonds. The molecule has 4 heteroatoms. The van der Waals surface area contributed by atoms with Gasteiger partial charge in [-0.05, 0) is 6.08 Å². The van der Waals surface area contributed by atoms with E-state index >= 15 is 0 Å². The van der Waals surface area contributed by atoms with Crippen LogP contribution in [0.1, 0.15) is 20.3 Å². The summed E-state index contributed by atoms with van der Waals surface area (Å²) in [6, 6.07) is 0. The van der Waals surface area contributed by atoms with Gasteiger partial charge in [0.15, 0.2) is 11.6 Å². The molecule has 0 aromatic rings. The van der Waals surface area contributed by atoms with Gasteiger partial charge in [0, 0.05) is 20.4 Å². The van der Waals surface area contributed by atoms with Crippen LogP contribution < -0.4 is 5.32 Å². The highest BCUT2D eigenvalue weighted by Gasteiger charge is 2.00. The second-order valence-electron chi connectivity index (χ2n) is 2.15. The van der Waals surface area contributed by atoms with E-state index in [1.54, 1.807) is 14.0 Å². The van der Waals surface area contributed by atoms with Gasteiger partial charge in [-0.1, -0.05) is 13.5 Å². The van der Waals surface area contributed by atoms with Gasteiger partial charge < -0.3 is 5.32 Å². The van der Waals surface area contributed by atoms with Crippen LogP contribution in [0, 0.1) is 0 Å². The minimum absolute atomic E-state index is 0.144. The second kappa shape index (κ2) is 8.64. The van der Waals surface area contributed by atoms with Crippen LogP contribution >= 0.6 is 0 Å². The van der Waals surface area contributed by atoms with Crippen molar-refractivity contribution < 1.29 is 14.4 Å². The number of hydrogen-bond acceptors (Lipinski definition) is 3. The summed E-state index contributed by atoms with van der Waals surface area (Å²) in [6.07, 6.45) is 1.55. The van der Waals surface area contributed by atoms with Crippen LogP contribution in [0.2, 0.25) is 0 Å². The zero-order valence-corrected chi connectivity index (χ0v) is 8.22. The highest BCUT2D eigenvalue weighted by molar-refractivity contribution is 6.36. The summed E-state index contributed by atoms with van der Waals surface area (Å²) in [5.74, 6) is -0.780. The van der Waals surface area contributed by atoms with Crippen molar-refractivity contribution in [2.45, 2.75) is 20.3 Å². The van der Waals surface area contributed by atoms with Crippen molar-refractivity contribution in [1.29, 1.82) is 0 Å². The van der Waals surface area contributed by atoms with Crippen LogP contribution in [0.25, 0.3) is 0 Å². The molecule has 0 radical (unpaired) electrons. The molecule has 0 heterocycles. The Kier molecular flexibility index (Phi) is 9.37. The summed E-state index contributed by atoms with van der Waals surface area (Å²) in [4.78, 5) is 30.1. The fourth-order valence-corrected chi connectivity index (χ4v) is 0.351. The quantitative estimate of drug-likeness (QED) is 0.513. The Bertz CT molecular complexity index is 209. The molecule has 0 aliphatic heterocycles. The van der Waals surface area contributed by atoms with E-state index in [1.165, 1.54) is 13.0 Å². The minimum atomic E-state index is -0.345. The first kappa shape index (κ1) is 14.1. The highest BCUT2D eigenvalue weighted by atomic mass is 16.2. The third kappa shape index (κ3) is 10.6. The first-order valence-electron chi connectivity index (χ1n) is 3.87. The van der Waals surface area contributed by atoms with Gasteiger partial charge in [0.25, 0.3) is 0 Å². The van der Waals surface area contributed by atoms with Crippen LogP contribution in [0.15, 0.2) is 12.7 Å². The topological polar surface area (TPSA) is 63.2 Å². The maximum atomic E-state index is 10.2. The van der Waals surface area contributed by atoms with Gasteiger partial charge in [0.05, 0.1) is 0 Å². The van der Waals surface area contributed by atoms with Gasteiger partial charge in [0.2, 0.25) is 5.91 Å². The van der Waals surface area contributed by atoms with E-state index in [4.69, 9.17) is 0 Å². The fraction of sp³-hybridized carbons (Fsp3) is 0.444. The van der Waals surface area contributed by atoms with Crippen LogP contribution in [0.4, 0.5) is 0 Å². The zero-order valence-electron chi connectivity index (χ0n) is 8.22. The Morgan fingerprint density at radius 2 is 1.85 bits per heavy atom. The van der Waals surface area contributed by atoms with E-state index in [0.717, 1.165) is 0 Å². The predicted molar refractivity (Wildman–Crippen MR) is 50.2 cm³/mol. The lowest BCUT2D eigenvalue weighted by molar-refractivity contribution is -0.135. The molecule has 0 bridgehead atoms. The molecule has 0 aromatic carbocycles. The number of amides is 1. The molecular weight excluding hydrogens is 170 g/mol. The Balaban J connectivity index is 0. The Morgan fingerprint density at radius 3 is 1.85 bits per heavy atom. The van der Waals surface area contributed by atoms with Crippen molar-refractivity contribution in [2.24, 2.45) is 0 Å². The van der Waals surface area contributed by atoms with E-state index in [1.807, 2.05) is 0 Å². The van der Waals surface area contributed by atoms with Crippen molar-refractivity contribution in [3.05, 3.63) is 12.7 Å². The van der Waals surface area contributed by atoms with Gasteiger partial charge in [0.1, 0.15) is 0 Å². The van der Waals surface area contributed by atoms with E-state index < -0.39 is 0 Å². The predicted octanol–water partition coefficient (Wildman–Crippen LogP) is 0.473. The lowest BCUT2D eigenvalue weighted by Gasteiger charge is -1.82. The maximum absolute atomic E-state index is 10.2. The first-order valence-corrected chi connectivity index (χ1v) is 3.87.